The number of carboxylic acid groups (broad SMARTS) is 1. The molecule has 2 rings (SSSR count). The van der Waals surface area contributed by atoms with Crippen molar-refractivity contribution in [3.05, 3.63) is 130 Å². The monoisotopic (exact) mass is 754 g/mol. The Kier molecular flexibility index (Phi) is 16.9. The van der Waals surface area contributed by atoms with Crippen molar-refractivity contribution >= 4 is 29.8 Å². The van der Waals surface area contributed by atoms with Gasteiger partial charge in [-0.3, -0.25) is 19.2 Å². The molecule has 0 saturated carbocycles. The predicted molar refractivity (Wildman–Crippen MR) is 217 cm³/mol. The number of hydrogen-bond donors (Lipinski definition) is 3. The minimum atomic E-state index is -2.41. The standard InChI is InChI=1S/C46H58O9/c1-30(17-13-19-32(3)21-23-36-34(5)42(52)38(48)25-44(36,7)8)15-11-12-16-31(2)18-14-20-33(4)22-24-37-35(6)43(53)39(26-45(37,9)10)55-41(51)28-46(54,29-47)27-40(49)50/h11-24,29,38-39,48,54H,25-28H2,1-10H3,(H,49,50)/b12-11+,17-13+,18-14+,23-21+,24-22+,30-15+,31-16+,32-19+,33-20+. The van der Waals surface area contributed by atoms with Gasteiger partial charge in [0.05, 0.1) is 12.8 Å². The van der Waals surface area contributed by atoms with Crippen LogP contribution in [0.2, 0.25) is 0 Å². The Bertz CT molecular complexity index is 1860. The fourth-order valence-electron chi connectivity index (χ4n) is 6.55. The molecule has 0 saturated heterocycles. The summed E-state index contributed by atoms with van der Waals surface area (Å²) in [5.41, 5.74) is 3.71. The van der Waals surface area contributed by atoms with Crippen molar-refractivity contribution in [3.8, 4) is 0 Å². The van der Waals surface area contributed by atoms with Crippen LogP contribution in [0.1, 0.15) is 94.9 Å². The van der Waals surface area contributed by atoms with Gasteiger partial charge in [-0.1, -0.05) is 135 Å². The summed E-state index contributed by atoms with van der Waals surface area (Å²) in [6, 6.07) is 0. The summed E-state index contributed by atoms with van der Waals surface area (Å²) < 4.78 is 5.33. The fraction of sp³-hybridized carbons (Fsp3) is 0.413. The second kappa shape index (κ2) is 20.1. The summed E-state index contributed by atoms with van der Waals surface area (Å²) >= 11 is 0. The second-order valence-corrected chi connectivity index (χ2v) is 15.9. The fourth-order valence-corrected chi connectivity index (χ4v) is 6.55. The topological polar surface area (TPSA) is 155 Å². The third kappa shape index (κ3) is 14.3. The second-order valence-electron chi connectivity index (χ2n) is 15.9. The van der Waals surface area contributed by atoms with Gasteiger partial charge in [-0.05, 0) is 81.1 Å². The maximum atomic E-state index is 13.1. The number of ketones is 2. The van der Waals surface area contributed by atoms with E-state index in [0.717, 1.165) is 33.4 Å². The molecule has 0 aliphatic heterocycles. The first kappa shape index (κ1) is 46.2. The van der Waals surface area contributed by atoms with Crippen LogP contribution in [-0.2, 0) is 28.7 Å². The average molecular weight is 755 g/mol. The highest BCUT2D eigenvalue weighted by Crippen LogP contribution is 2.41. The molecule has 0 aromatic carbocycles. The lowest BCUT2D eigenvalue weighted by molar-refractivity contribution is -0.163. The Hall–Kier alpha value is -4.99. The molecule has 0 heterocycles. The largest absolute Gasteiger partial charge is 0.481 e. The normalized spacial score (nSPS) is 22.9. The number of carbonyl (C=O) groups is 5. The van der Waals surface area contributed by atoms with Gasteiger partial charge < -0.3 is 24.9 Å². The number of Topliss-reactive ketones (excluding diaryl/α,β-unsaturated/α-hetero) is 2. The molecule has 0 radical (unpaired) electrons. The van der Waals surface area contributed by atoms with E-state index < -0.39 is 48.0 Å². The van der Waals surface area contributed by atoms with E-state index in [9.17, 15) is 34.2 Å². The molecule has 2 aliphatic rings. The lowest BCUT2D eigenvalue weighted by atomic mass is 9.71. The van der Waals surface area contributed by atoms with Crippen molar-refractivity contribution in [2.75, 3.05) is 0 Å². The first-order valence-electron chi connectivity index (χ1n) is 18.4. The minimum Gasteiger partial charge on any atom is -0.481 e. The Labute approximate surface area is 326 Å². The van der Waals surface area contributed by atoms with Crippen molar-refractivity contribution in [2.24, 2.45) is 10.8 Å². The maximum absolute atomic E-state index is 13.1. The van der Waals surface area contributed by atoms with E-state index in [1.54, 1.807) is 13.8 Å². The Morgan fingerprint density at radius 3 is 1.58 bits per heavy atom. The van der Waals surface area contributed by atoms with Crippen molar-refractivity contribution in [1.29, 1.82) is 0 Å². The molecule has 296 valence electrons. The number of aliphatic hydroxyl groups excluding tert-OH is 1. The van der Waals surface area contributed by atoms with E-state index in [2.05, 4.69) is 0 Å². The summed E-state index contributed by atoms with van der Waals surface area (Å²) in [5.74, 6) is -3.06. The molecule has 2 aliphatic carbocycles. The highest BCUT2D eigenvalue weighted by molar-refractivity contribution is 6.02. The van der Waals surface area contributed by atoms with Gasteiger partial charge in [0.2, 0.25) is 0 Å². The van der Waals surface area contributed by atoms with Crippen molar-refractivity contribution in [3.63, 3.8) is 0 Å². The number of rotatable bonds is 16. The molecule has 0 spiro atoms. The highest BCUT2D eigenvalue weighted by Gasteiger charge is 2.41. The van der Waals surface area contributed by atoms with Crippen molar-refractivity contribution in [2.45, 2.75) is 113 Å². The molecule has 9 nitrogen and oxygen atoms in total. The van der Waals surface area contributed by atoms with E-state index >= 15 is 0 Å². The number of ether oxygens (including phenoxy) is 1. The van der Waals surface area contributed by atoms with Crippen LogP contribution in [0.4, 0.5) is 0 Å². The zero-order chi connectivity index (χ0) is 41.7. The van der Waals surface area contributed by atoms with Crippen LogP contribution in [0.15, 0.2) is 130 Å². The van der Waals surface area contributed by atoms with E-state index in [0.29, 0.717) is 17.6 Å². The van der Waals surface area contributed by atoms with E-state index in [4.69, 9.17) is 9.84 Å². The van der Waals surface area contributed by atoms with E-state index in [1.807, 2.05) is 140 Å². The summed E-state index contributed by atoms with van der Waals surface area (Å²) in [4.78, 5) is 60.1. The SMILES string of the molecule is CC1=C(/C=C/C(C)=C/C=C/C(C)=C/C=C/C=C(C)/C=C/C=C(C)/C=C/C2=C(C)C(=O)C(OC(=O)CC(O)(C=O)CC(=O)O)CC2(C)C)C(C)(C)CC(O)C1=O. The van der Waals surface area contributed by atoms with Gasteiger partial charge in [0.15, 0.2) is 24.0 Å². The van der Waals surface area contributed by atoms with Crippen LogP contribution in [-0.4, -0.2) is 62.9 Å². The number of allylic oxidation sites excluding steroid dienone is 20. The number of aldehydes is 1. The van der Waals surface area contributed by atoms with Crippen LogP contribution >= 0.6 is 0 Å². The summed E-state index contributed by atoms with van der Waals surface area (Å²) in [6.45, 7) is 19.4. The van der Waals surface area contributed by atoms with Gasteiger partial charge in [0, 0.05) is 6.42 Å². The predicted octanol–water partition coefficient (Wildman–Crippen LogP) is 8.25. The summed E-state index contributed by atoms with van der Waals surface area (Å²) in [7, 11) is 0. The van der Waals surface area contributed by atoms with Crippen LogP contribution in [0.5, 0.6) is 0 Å². The molecule has 0 aromatic heterocycles. The Balaban J connectivity index is 1.99. The van der Waals surface area contributed by atoms with Crippen LogP contribution in [0.3, 0.4) is 0 Å². The highest BCUT2D eigenvalue weighted by atomic mass is 16.5. The molecule has 3 atom stereocenters. The first-order valence-corrected chi connectivity index (χ1v) is 18.4. The van der Waals surface area contributed by atoms with Crippen molar-refractivity contribution in [1.82, 2.24) is 0 Å². The number of carbonyl (C=O) groups excluding carboxylic acids is 4. The molecule has 9 heteroatoms. The summed E-state index contributed by atoms with van der Waals surface area (Å²) in [5, 5.41) is 29.1. The number of esters is 1. The zero-order valence-electron chi connectivity index (χ0n) is 33.9. The molecular weight excluding hydrogens is 696 g/mol. The molecule has 0 amide bonds. The molecule has 0 bridgehead atoms. The van der Waals surface area contributed by atoms with Gasteiger partial charge >= 0.3 is 11.9 Å². The summed E-state index contributed by atoms with van der Waals surface area (Å²) in [6.07, 6.45) is 24.4. The third-order valence-electron chi connectivity index (χ3n) is 9.69. The zero-order valence-corrected chi connectivity index (χ0v) is 33.9. The Morgan fingerprint density at radius 1 is 0.709 bits per heavy atom. The number of aliphatic hydroxyl groups is 2. The molecule has 55 heavy (non-hydrogen) atoms. The molecule has 3 N–H and O–H groups in total. The first-order chi connectivity index (χ1) is 25.5. The van der Waals surface area contributed by atoms with Gasteiger partial charge in [-0.15, -0.1) is 0 Å². The lowest BCUT2D eigenvalue weighted by Gasteiger charge is -2.36. The quantitative estimate of drug-likeness (QED) is 0.0803. The minimum absolute atomic E-state index is 0.00341. The number of hydrogen-bond acceptors (Lipinski definition) is 8. The maximum Gasteiger partial charge on any atom is 0.309 e. The Morgan fingerprint density at radius 2 is 1.13 bits per heavy atom. The molecule has 0 fully saturated rings. The molecular formula is C46H58O9. The van der Waals surface area contributed by atoms with Crippen molar-refractivity contribution < 1.29 is 44.0 Å². The van der Waals surface area contributed by atoms with Gasteiger partial charge in [-0.25, -0.2) is 0 Å². The van der Waals surface area contributed by atoms with E-state index in [-0.39, 0.29) is 29.7 Å². The third-order valence-corrected chi connectivity index (χ3v) is 9.69. The smallest absolute Gasteiger partial charge is 0.309 e. The van der Waals surface area contributed by atoms with Crippen LogP contribution in [0, 0.1) is 10.8 Å². The van der Waals surface area contributed by atoms with Gasteiger partial charge in [0.1, 0.15) is 11.7 Å². The molecule has 3 unspecified atom stereocenters. The van der Waals surface area contributed by atoms with Crippen LogP contribution < -0.4 is 0 Å². The average Bonchev–Trinajstić information content (AvgIpc) is 3.07. The lowest BCUT2D eigenvalue weighted by Crippen LogP contribution is -2.42. The van der Waals surface area contributed by atoms with Gasteiger partial charge in [0.25, 0.3) is 0 Å². The van der Waals surface area contributed by atoms with Crippen LogP contribution in [0.25, 0.3) is 0 Å². The van der Waals surface area contributed by atoms with E-state index in [1.165, 1.54) is 0 Å². The number of aliphatic carboxylic acids is 1. The van der Waals surface area contributed by atoms with Gasteiger partial charge in [-0.2, -0.15) is 0 Å². The number of carboxylic acids is 1. The molecule has 0 aromatic rings.